The summed E-state index contributed by atoms with van der Waals surface area (Å²) >= 11 is 13.4. The minimum absolute atomic E-state index is 0.503. The molecule has 1 aromatic carbocycles. The molecule has 0 saturated carbocycles. The van der Waals surface area contributed by atoms with Crippen molar-refractivity contribution in [3.05, 3.63) is 38.8 Å². The van der Waals surface area contributed by atoms with E-state index in [1.165, 1.54) is 11.3 Å². The van der Waals surface area contributed by atoms with Crippen LogP contribution in [0.15, 0.2) is 18.2 Å². The number of hydrogen-bond acceptors (Lipinski definition) is 3. The average molecular weight is 286 g/mol. The van der Waals surface area contributed by atoms with Crippen LogP contribution in [0.2, 0.25) is 10.0 Å². The van der Waals surface area contributed by atoms with Gasteiger partial charge in [0.05, 0.1) is 0 Å². The fourth-order valence-electron chi connectivity index (χ4n) is 1.51. The van der Waals surface area contributed by atoms with Crippen LogP contribution in [0.5, 0.6) is 0 Å². The average Bonchev–Trinajstić information content (AvgIpc) is 2.70. The number of rotatable bonds is 3. The van der Waals surface area contributed by atoms with Crippen molar-refractivity contribution in [1.29, 1.82) is 0 Å². The van der Waals surface area contributed by atoms with Gasteiger partial charge in [-0.1, -0.05) is 30.1 Å². The van der Waals surface area contributed by atoms with Crippen molar-refractivity contribution in [3.8, 4) is 10.6 Å². The summed E-state index contributed by atoms with van der Waals surface area (Å²) in [4.78, 5) is 16.1. The summed E-state index contributed by atoms with van der Waals surface area (Å²) in [5, 5.41) is 1.90. The molecule has 0 atom stereocenters. The highest BCUT2D eigenvalue weighted by Crippen LogP contribution is 2.31. The predicted molar refractivity (Wildman–Crippen MR) is 72.3 cm³/mol. The highest BCUT2D eigenvalue weighted by molar-refractivity contribution is 7.15. The van der Waals surface area contributed by atoms with Crippen LogP contribution in [0.3, 0.4) is 0 Å². The summed E-state index contributed by atoms with van der Waals surface area (Å²) in [5.41, 5.74) is 1.35. The molecule has 0 aliphatic heterocycles. The van der Waals surface area contributed by atoms with Gasteiger partial charge in [-0.05, 0) is 24.6 Å². The van der Waals surface area contributed by atoms with Gasteiger partial charge in [0.2, 0.25) is 0 Å². The fraction of sp³-hybridized carbons (Fsp3) is 0.167. The minimum atomic E-state index is 0.503. The zero-order chi connectivity index (χ0) is 12.4. The zero-order valence-corrected chi connectivity index (χ0v) is 11.4. The van der Waals surface area contributed by atoms with Crippen molar-refractivity contribution in [2.45, 2.75) is 13.3 Å². The molecule has 17 heavy (non-hydrogen) atoms. The molecule has 1 heterocycles. The highest BCUT2D eigenvalue weighted by Gasteiger charge is 2.11. The Morgan fingerprint density at radius 3 is 2.41 bits per heavy atom. The molecular formula is C12H9Cl2NOS. The van der Waals surface area contributed by atoms with Crippen molar-refractivity contribution in [3.63, 3.8) is 0 Å². The molecular weight excluding hydrogens is 277 g/mol. The molecule has 5 heteroatoms. The highest BCUT2D eigenvalue weighted by atomic mass is 35.5. The topological polar surface area (TPSA) is 30.0 Å². The van der Waals surface area contributed by atoms with Gasteiger partial charge in [-0.3, -0.25) is 4.79 Å². The standard InChI is InChI=1S/C12H9Cl2NOS/c1-2-11-10(6-16)15-12(17-11)7-3-8(13)5-9(14)4-7/h3-6H,2H2,1H3. The third kappa shape index (κ3) is 2.68. The SMILES string of the molecule is CCc1sc(-c2cc(Cl)cc(Cl)c2)nc1C=O. The van der Waals surface area contributed by atoms with E-state index in [-0.39, 0.29) is 0 Å². The molecule has 0 unspecified atom stereocenters. The molecule has 2 aromatic rings. The summed E-state index contributed by atoms with van der Waals surface area (Å²) < 4.78 is 0. The van der Waals surface area contributed by atoms with Gasteiger partial charge in [0.25, 0.3) is 0 Å². The first-order valence-corrected chi connectivity index (χ1v) is 6.62. The Hall–Kier alpha value is -0.900. The molecule has 0 fully saturated rings. The number of aryl methyl sites for hydroxylation is 1. The molecule has 0 N–H and O–H groups in total. The molecule has 2 rings (SSSR count). The van der Waals surface area contributed by atoms with Crippen molar-refractivity contribution in [1.82, 2.24) is 4.98 Å². The first-order chi connectivity index (χ1) is 8.13. The van der Waals surface area contributed by atoms with Crippen molar-refractivity contribution in [2.75, 3.05) is 0 Å². The van der Waals surface area contributed by atoms with E-state index in [0.29, 0.717) is 15.7 Å². The van der Waals surface area contributed by atoms with Crippen LogP contribution in [-0.2, 0) is 6.42 Å². The Morgan fingerprint density at radius 2 is 1.94 bits per heavy atom. The molecule has 1 aromatic heterocycles. The van der Waals surface area contributed by atoms with Crippen LogP contribution in [0.1, 0.15) is 22.3 Å². The van der Waals surface area contributed by atoms with Crippen molar-refractivity contribution < 1.29 is 4.79 Å². The van der Waals surface area contributed by atoms with E-state index in [1.807, 2.05) is 6.92 Å². The van der Waals surface area contributed by atoms with Gasteiger partial charge in [0.15, 0.2) is 6.29 Å². The quantitative estimate of drug-likeness (QED) is 0.778. The summed E-state index contributed by atoms with van der Waals surface area (Å²) in [7, 11) is 0. The predicted octanol–water partition coefficient (Wildman–Crippen LogP) is 4.49. The molecule has 0 amide bonds. The van der Waals surface area contributed by atoms with Crippen LogP contribution < -0.4 is 0 Å². The first kappa shape index (κ1) is 12.6. The lowest BCUT2D eigenvalue weighted by Gasteiger charge is -1.98. The van der Waals surface area contributed by atoms with Crippen LogP contribution >= 0.6 is 34.5 Å². The van der Waals surface area contributed by atoms with Gasteiger partial charge in [-0.15, -0.1) is 11.3 Å². The summed E-state index contributed by atoms with van der Waals surface area (Å²) in [5.74, 6) is 0. The van der Waals surface area contributed by atoms with Crippen molar-refractivity contribution >= 4 is 40.8 Å². The van der Waals surface area contributed by atoms with Gasteiger partial charge in [0.1, 0.15) is 10.7 Å². The number of carbonyl (C=O) groups excluding carboxylic acids is 1. The van der Waals surface area contributed by atoms with Crippen LogP contribution in [0.25, 0.3) is 10.6 Å². The normalized spacial score (nSPS) is 10.5. The Labute approximate surface area is 113 Å². The van der Waals surface area contributed by atoms with E-state index in [9.17, 15) is 4.79 Å². The first-order valence-electron chi connectivity index (χ1n) is 5.05. The number of thiazole rings is 1. The Kier molecular flexibility index (Phi) is 3.82. The number of nitrogens with zero attached hydrogens (tertiary/aromatic N) is 1. The number of halogens is 2. The second-order valence-corrected chi connectivity index (χ2v) is 5.41. The molecule has 0 saturated heterocycles. The second kappa shape index (κ2) is 5.17. The Bertz CT molecular complexity index is 545. The molecule has 0 radical (unpaired) electrons. The molecule has 0 bridgehead atoms. The number of benzene rings is 1. The summed E-state index contributed by atoms with van der Waals surface area (Å²) in [6.45, 7) is 2.00. The smallest absolute Gasteiger partial charge is 0.169 e. The number of carbonyl (C=O) groups is 1. The molecule has 2 nitrogen and oxygen atoms in total. The van der Waals surface area contributed by atoms with E-state index < -0.39 is 0 Å². The van der Waals surface area contributed by atoms with Gasteiger partial charge in [-0.2, -0.15) is 0 Å². The van der Waals surface area contributed by atoms with Crippen molar-refractivity contribution in [2.24, 2.45) is 0 Å². The number of hydrogen-bond donors (Lipinski definition) is 0. The van der Waals surface area contributed by atoms with E-state index in [2.05, 4.69) is 4.98 Å². The lowest BCUT2D eigenvalue weighted by atomic mass is 10.2. The van der Waals surface area contributed by atoms with Gasteiger partial charge >= 0.3 is 0 Å². The van der Waals surface area contributed by atoms with Crippen LogP contribution in [0.4, 0.5) is 0 Å². The number of aldehydes is 1. The van der Waals surface area contributed by atoms with Gasteiger partial charge in [0, 0.05) is 20.5 Å². The van der Waals surface area contributed by atoms with Gasteiger partial charge < -0.3 is 0 Å². The molecule has 0 aliphatic carbocycles. The summed E-state index contributed by atoms with van der Waals surface area (Å²) in [6, 6.07) is 5.25. The maximum absolute atomic E-state index is 10.9. The number of aromatic nitrogens is 1. The Morgan fingerprint density at radius 1 is 1.29 bits per heavy atom. The lowest BCUT2D eigenvalue weighted by Crippen LogP contribution is -1.85. The molecule has 0 spiro atoms. The third-order valence-electron chi connectivity index (χ3n) is 2.27. The molecule has 88 valence electrons. The van der Waals surface area contributed by atoms with Gasteiger partial charge in [-0.25, -0.2) is 4.98 Å². The van der Waals surface area contributed by atoms with E-state index in [4.69, 9.17) is 23.2 Å². The lowest BCUT2D eigenvalue weighted by molar-refractivity contribution is 0.111. The Balaban J connectivity index is 2.52. The maximum atomic E-state index is 10.9. The monoisotopic (exact) mass is 285 g/mol. The second-order valence-electron chi connectivity index (χ2n) is 3.46. The maximum Gasteiger partial charge on any atom is 0.169 e. The summed E-state index contributed by atoms with van der Waals surface area (Å²) in [6.07, 6.45) is 1.57. The van der Waals surface area contributed by atoms with E-state index >= 15 is 0 Å². The fourth-order valence-corrected chi connectivity index (χ4v) is 2.99. The minimum Gasteiger partial charge on any atom is -0.296 e. The largest absolute Gasteiger partial charge is 0.296 e. The van der Waals surface area contributed by atoms with E-state index in [1.54, 1.807) is 18.2 Å². The third-order valence-corrected chi connectivity index (χ3v) is 3.97. The van der Waals surface area contributed by atoms with E-state index in [0.717, 1.165) is 28.2 Å². The van der Waals surface area contributed by atoms with Crippen LogP contribution in [0, 0.1) is 0 Å². The zero-order valence-electron chi connectivity index (χ0n) is 9.04. The molecule has 0 aliphatic rings. The van der Waals surface area contributed by atoms with Crippen LogP contribution in [-0.4, -0.2) is 11.3 Å².